The number of benzene rings is 1. The van der Waals surface area contributed by atoms with E-state index in [0.29, 0.717) is 11.4 Å². The van der Waals surface area contributed by atoms with Crippen molar-refractivity contribution in [2.45, 2.75) is 31.6 Å². The molecule has 1 heterocycles. The summed E-state index contributed by atoms with van der Waals surface area (Å²) in [5, 5.41) is 2.92. The number of carbonyl (C=O) groups excluding carboxylic acids is 2. The molecule has 4 nitrogen and oxygen atoms in total. The second-order valence-corrected chi connectivity index (χ2v) is 7.55. The zero-order valence-corrected chi connectivity index (χ0v) is 14.5. The smallest absolute Gasteiger partial charge is 0.348 e. The van der Waals surface area contributed by atoms with E-state index in [4.69, 9.17) is 4.74 Å². The van der Waals surface area contributed by atoms with E-state index in [2.05, 4.69) is 17.4 Å². The van der Waals surface area contributed by atoms with Crippen LogP contribution in [0.4, 0.5) is 0 Å². The first-order valence-electron chi connectivity index (χ1n) is 8.15. The fourth-order valence-electron chi connectivity index (χ4n) is 3.03. The quantitative estimate of drug-likeness (QED) is 0.817. The van der Waals surface area contributed by atoms with Crippen LogP contribution in [0.25, 0.3) is 0 Å². The van der Waals surface area contributed by atoms with E-state index in [0.717, 1.165) is 17.7 Å². The fourth-order valence-corrected chi connectivity index (χ4v) is 3.79. The van der Waals surface area contributed by atoms with Crippen LogP contribution in [0.2, 0.25) is 0 Å². The minimum atomic E-state index is -0.440. The van der Waals surface area contributed by atoms with Gasteiger partial charge in [0.2, 0.25) is 0 Å². The highest BCUT2D eigenvalue weighted by Gasteiger charge is 2.38. The largest absolute Gasteiger partial charge is 0.451 e. The molecule has 24 heavy (non-hydrogen) atoms. The van der Waals surface area contributed by atoms with Crippen LogP contribution in [0, 0.1) is 6.92 Å². The van der Waals surface area contributed by atoms with Crippen molar-refractivity contribution in [1.29, 1.82) is 0 Å². The summed E-state index contributed by atoms with van der Waals surface area (Å²) in [6.45, 7) is 2.28. The topological polar surface area (TPSA) is 55.4 Å². The second-order valence-electron chi connectivity index (χ2n) is 6.26. The van der Waals surface area contributed by atoms with Gasteiger partial charge in [0.05, 0.1) is 0 Å². The van der Waals surface area contributed by atoms with Gasteiger partial charge in [-0.3, -0.25) is 4.79 Å². The van der Waals surface area contributed by atoms with Gasteiger partial charge in [-0.05, 0) is 37.5 Å². The van der Waals surface area contributed by atoms with Crippen molar-refractivity contribution in [2.75, 3.05) is 13.2 Å². The van der Waals surface area contributed by atoms with Crippen LogP contribution < -0.4 is 5.32 Å². The van der Waals surface area contributed by atoms with E-state index in [1.165, 1.54) is 23.3 Å². The number of hydrogen-bond acceptors (Lipinski definition) is 4. The average molecular weight is 343 g/mol. The van der Waals surface area contributed by atoms with Crippen molar-refractivity contribution in [2.24, 2.45) is 0 Å². The Kier molecular flexibility index (Phi) is 5.00. The van der Waals surface area contributed by atoms with Crippen LogP contribution in [0.3, 0.4) is 0 Å². The predicted octanol–water partition coefficient (Wildman–Crippen LogP) is 3.45. The van der Waals surface area contributed by atoms with E-state index >= 15 is 0 Å². The Morgan fingerprint density at radius 1 is 1.17 bits per heavy atom. The van der Waals surface area contributed by atoms with Crippen molar-refractivity contribution in [3.05, 3.63) is 57.8 Å². The first kappa shape index (κ1) is 16.7. The molecule has 1 aliphatic rings. The zero-order chi connectivity index (χ0) is 17.0. The summed E-state index contributed by atoms with van der Waals surface area (Å²) in [5.74, 6) is -0.691. The lowest BCUT2D eigenvalue weighted by Gasteiger charge is -2.42. The molecule has 1 saturated carbocycles. The van der Waals surface area contributed by atoms with Crippen molar-refractivity contribution in [3.8, 4) is 0 Å². The third kappa shape index (κ3) is 3.67. The minimum absolute atomic E-state index is 0.0335. The van der Waals surface area contributed by atoms with Gasteiger partial charge >= 0.3 is 5.97 Å². The standard InChI is InChI=1S/C19H21NO3S/c1-14-8-9-16(24-14)18(22)23-12-17(21)20-13-19(10-5-11-19)15-6-3-2-4-7-15/h2-4,6-9H,5,10-13H2,1H3,(H,20,21). The molecule has 0 atom stereocenters. The van der Waals surface area contributed by atoms with Gasteiger partial charge < -0.3 is 10.1 Å². The van der Waals surface area contributed by atoms with Crippen LogP contribution in [0.1, 0.15) is 39.4 Å². The van der Waals surface area contributed by atoms with E-state index in [9.17, 15) is 9.59 Å². The van der Waals surface area contributed by atoms with Gasteiger partial charge in [0, 0.05) is 16.8 Å². The monoisotopic (exact) mass is 343 g/mol. The highest BCUT2D eigenvalue weighted by atomic mass is 32.1. The molecule has 1 amide bonds. The number of aryl methyl sites for hydroxylation is 1. The van der Waals surface area contributed by atoms with Gasteiger partial charge in [-0.25, -0.2) is 4.79 Å². The molecule has 0 spiro atoms. The SMILES string of the molecule is Cc1ccc(C(=O)OCC(=O)NCC2(c3ccccc3)CCC2)s1. The molecule has 1 aromatic heterocycles. The number of carbonyl (C=O) groups is 2. The van der Waals surface area contributed by atoms with E-state index in [-0.39, 0.29) is 17.9 Å². The van der Waals surface area contributed by atoms with Crippen LogP contribution >= 0.6 is 11.3 Å². The Morgan fingerprint density at radius 2 is 1.92 bits per heavy atom. The third-order valence-electron chi connectivity index (χ3n) is 4.60. The van der Waals surface area contributed by atoms with Crippen LogP contribution in [0.5, 0.6) is 0 Å². The Bertz CT molecular complexity index is 719. The number of thiophene rings is 1. The number of rotatable bonds is 6. The lowest BCUT2D eigenvalue weighted by Crippen LogP contribution is -2.46. The predicted molar refractivity (Wildman–Crippen MR) is 94.3 cm³/mol. The number of ether oxygens (including phenoxy) is 1. The molecular formula is C19H21NO3S. The van der Waals surface area contributed by atoms with E-state index in [1.54, 1.807) is 6.07 Å². The molecule has 1 N–H and O–H groups in total. The highest BCUT2D eigenvalue weighted by Crippen LogP contribution is 2.43. The summed E-state index contributed by atoms with van der Waals surface area (Å²) in [7, 11) is 0. The van der Waals surface area contributed by atoms with Crippen LogP contribution in [-0.4, -0.2) is 25.0 Å². The number of amides is 1. The second kappa shape index (κ2) is 7.18. The first-order valence-corrected chi connectivity index (χ1v) is 8.96. The Labute approximate surface area is 145 Å². The summed E-state index contributed by atoms with van der Waals surface area (Å²) in [6.07, 6.45) is 3.33. The lowest BCUT2D eigenvalue weighted by molar-refractivity contribution is -0.124. The molecule has 3 rings (SSSR count). The van der Waals surface area contributed by atoms with Crippen LogP contribution in [0.15, 0.2) is 42.5 Å². The molecule has 1 aromatic carbocycles. The summed E-state index contributed by atoms with van der Waals surface area (Å²) < 4.78 is 5.09. The van der Waals surface area contributed by atoms with Crippen molar-refractivity contribution < 1.29 is 14.3 Å². The lowest BCUT2D eigenvalue weighted by atomic mass is 9.64. The molecule has 0 aliphatic heterocycles. The molecule has 0 bridgehead atoms. The molecule has 0 saturated heterocycles. The van der Waals surface area contributed by atoms with Crippen LogP contribution in [-0.2, 0) is 14.9 Å². The summed E-state index contributed by atoms with van der Waals surface area (Å²) in [5.41, 5.74) is 1.30. The molecule has 2 aromatic rings. The maximum Gasteiger partial charge on any atom is 0.348 e. The minimum Gasteiger partial charge on any atom is -0.451 e. The Morgan fingerprint density at radius 3 is 2.50 bits per heavy atom. The number of nitrogens with one attached hydrogen (secondary N) is 1. The van der Waals surface area contributed by atoms with Gasteiger partial charge in [0.25, 0.3) is 5.91 Å². The summed E-state index contributed by atoms with van der Waals surface area (Å²) >= 11 is 1.37. The fraction of sp³-hybridized carbons (Fsp3) is 0.368. The van der Waals surface area contributed by atoms with E-state index < -0.39 is 5.97 Å². The number of esters is 1. The highest BCUT2D eigenvalue weighted by molar-refractivity contribution is 7.13. The normalized spacial score (nSPS) is 15.4. The summed E-state index contributed by atoms with van der Waals surface area (Å²) in [4.78, 5) is 25.4. The molecule has 0 unspecified atom stereocenters. The summed E-state index contributed by atoms with van der Waals surface area (Å²) in [6, 6.07) is 13.9. The van der Waals surface area contributed by atoms with Crippen molar-refractivity contribution in [3.63, 3.8) is 0 Å². The Hall–Kier alpha value is -2.14. The molecule has 5 heteroatoms. The van der Waals surface area contributed by atoms with Gasteiger partial charge in [0.1, 0.15) is 4.88 Å². The van der Waals surface area contributed by atoms with Gasteiger partial charge in [-0.15, -0.1) is 11.3 Å². The molecule has 1 aliphatic carbocycles. The van der Waals surface area contributed by atoms with Gasteiger partial charge in [0.15, 0.2) is 6.61 Å². The maximum absolute atomic E-state index is 12.0. The zero-order valence-electron chi connectivity index (χ0n) is 13.7. The maximum atomic E-state index is 12.0. The van der Waals surface area contributed by atoms with Crippen molar-refractivity contribution in [1.82, 2.24) is 5.32 Å². The van der Waals surface area contributed by atoms with Gasteiger partial charge in [-0.1, -0.05) is 36.8 Å². The molecule has 0 radical (unpaired) electrons. The first-order chi connectivity index (χ1) is 11.6. The van der Waals surface area contributed by atoms with E-state index in [1.807, 2.05) is 31.2 Å². The average Bonchev–Trinajstić information content (AvgIpc) is 2.99. The van der Waals surface area contributed by atoms with Crippen molar-refractivity contribution >= 4 is 23.2 Å². The molecule has 1 fully saturated rings. The molecular weight excluding hydrogens is 322 g/mol. The number of hydrogen-bond donors (Lipinski definition) is 1. The Balaban J connectivity index is 1.49. The third-order valence-corrected chi connectivity index (χ3v) is 5.58. The molecule has 126 valence electrons. The van der Waals surface area contributed by atoms with Gasteiger partial charge in [-0.2, -0.15) is 0 Å².